The fourth-order valence-corrected chi connectivity index (χ4v) is 3.23. The van der Waals surface area contributed by atoms with E-state index in [-0.39, 0.29) is 6.04 Å². The van der Waals surface area contributed by atoms with Gasteiger partial charge >= 0.3 is 0 Å². The summed E-state index contributed by atoms with van der Waals surface area (Å²) in [6.07, 6.45) is 0.888. The Hall–Kier alpha value is -0.230. The van der Waals surface area contributed by atoms with Gasteiger partial charge in [-0.3, -0.25) is 11.3 Å². The molecule has 3 nitrogen and oxygen atoms in total. The highest BCUT2D eigenvalue weighted by Gasteiger charge is 2.11. The van der Waals surface area contributed by atoms with Crippen LogP contribution in [0.25, 0.3) is 0 Å². The van der Waals surface area contributed by atoms with Crippen LogP contribution in [0.4, 0.5) is 0 Å². The molecule has 1 aromatic carbocycles. The van der Waals surface area contributed by atoms with Gasteiger partial charge in [0.05, 0.1) is 7.11 Å². The highest BCUT2D eigenvalue weighted by Crippen LogP contribution is 2.24. The van der Waals surface area contributed by atoms with Crippen LogP contribution < -0.4 is 16.0 Å². The molecule has 0 aliphatic carbocycles. The number of nitrogens with one attached hydrogen (secondary N) is 1. The fraction of sp³-hybridized carbons (Fsp3) is 0.571. The molecule has 0 saturated heterocycles. The first-order valence-electron chi connectivity index (χ1n) is 6.43. The van der Waals surface area contributed by atoms with E-state index in [1.807, 2.05) is 23.9 Å². The lowest BCUT2D eigenvalue weighted by atomic mass is 10.1. The third-order valence-corrected chi connectivity index (χ3v) is 5.04. The molecule has 0 heterocycles. The maximum Gasteiger partial charge on any atom is 0.119 e. The first-order valence-corrected chi connectivity index (χ1v) is 8.37. The molecule has 1 unspecified atom stereocenters. The highest BCUT2D eigenvalue weighted by atomic mass is 79.9. The van der Waals surface area contributed by atoms with E-state index in [1.54, 1.807) is 7.11 Å². The Balaban J connectivity index is 2.59. The number of halogens is 1. The van der Waals surface area contributed by atoms with E-state index in [1.165, 1.54) is 5.56 Å². The number of thioether (sulfide) groups is 1. The number of nitrogens with two attached hydrogens (primary N) is 1. The predicted molar refractivity (Wildman–Crippen MR) is 87.7 cm³/mol. The molecule has 3 N–H and O–H groups in total. The van der Waals surface area contributed by atoms with Gasteiger partial charge in [-0.2, -0.15) is 11.8 Å². The van der Waals surface area contributed by atoms with E-state index in [0.717, 1.165) is 28.1 Å². The largest absolute Gasteiger partial charge is 0.497 e. The van der Waals surface area contributed by atoms with Crippen LogP contribution in [0.2, 0.25) is 0 Å². The molecule has 0 radical (unpaired) electrons. The van der Waals surface area contributed by atoms with Crippen molar-refractivity contribution in [2.75, 3.05) is 18.6 Å². The molecule has 0 aliphatic rings. The minimum Gasteiger partial charge on any atom is -0.497 e. The van der Waals surface area contributed by atoms with Gasteiger partial charge in [-0.25, -0.2) is 0 Å². The normalized spacial score (nSPS) is 12.7. The summed E-state index contributed by atoms with van der Waals surface area (Å²) in [5.74, 6) is 9.42. The summed E-state index contributed by atoms with van der Waals surface area (Å²) in [4.78, 5) is 0. The summed E-state index contributed by atoms with van der Waals surface area (Å²) in [5, 5.41) is 0. The molecular weight excluding hydrogens is 324 g/mol. The molecule has 0 amide bonds. The van der Waals surface area contributed by atoms with Crippen molar-refractivity contribution in [2.45, 2.75) is 26.3 Å². The lowest BCUT2D eigenvalue weighted by molar-refractivity contribution is 0.414. The van der Waals surface area contributed by atoms with Gasteiger partial charge in [-0.15, -0.1) is 0 Å². The van der Waals surface area contributed by atoms with Crippen LogP contribution in [0.15, 0.2) is 22.7 Å². The van der Waals surface area contributed by atoms with Gasteiger partial charge in [0.25, 0.3) is 0 Å². The lowest BCUT2D eigenvalue weighted by Crippen LogP contribution is -2.39. The van der Waals surface area contributed by atoms with Crippen LogP contribution in [0, 0.1) is 5.92 Å². The van der Waals surface area contributed by atoms with Crippen LogP contribution in [-0.4, -0.2) is 24.7 Å². The number of methoxy groups -OCH3 is 1. The van der Waals surface area contributed by atoms with Gasteiger partial charge in [0.2, 0.25) is 0 Å². The van der Waals surface area contributed by atoms with Gasteiger partial charge in [0.15, 0.2) is 0 Å². The van der Waals surface area contributed by atoms with Crippen LogP contribution in [0.3, 0.4) is 0 Å². The van der Waals surface area contributed by atoms with Crippen LogP contribution in [0.5, 0.6) is 5.75 Å². The summed E-state index contributed by atoms with van der Waals surface area (Å²) in [6, 6.07) is 6.29. The first-order chi connectivity index (χ1) is 9.06. The molecule has 5 heteroatoms. The maximum absolute atomic E-state index is 5.65. The highest BCUT2D eigenvalue weighted by molar-refractivity contribution is 9.10. The SMILES string of the molecule is COc1ccc(Br)c(CC(CSCC(C)C)NN)c1. The molecule has 0 spiro atoms. The molecule has 19 heavy (non-hydrogen) atoms. The average Bonchev–Trinajstić information content (AvgIpc) is 2.39. The van der Waals surface area contributed by atoms with E-state index in [0.29, 0.717) is 5.92 Å². The van der Waals surface area contributed by atoms with E-state index in [4.69, 9.17) is 10.6 Å². The lowest BCUT2D eigenvalue weighted by Gasteiger charge is -2.17. The van der Waals surface area contributed by atoms with Gasteiger partial charge < -0.3 is 4.74 Å². The molecule has 1 aromatic rings. The third kappa shape index (κ3) is 6.17. The van der Waals surface area contributed by atoms with E-state index in [2.05, 4.69) is 41.3 Å². The van der Waals surface area contributed by atoms with Crippen molar-refractivity contribution < 1.29 is 4.74 Å². The molecule has 0 aromatic heterocycles. The summed E-state index contributed by atoms with van der Waals surface area (Å²) in [7, 11) is 1.68. The van der Waals surface area contributed by atoms with Gasteiger partial charge in [-0.1, -0.05) is 29.8 Å². The third-order valence-electron chi connectivity index (χ3n) is 2.73. The fourth-order valence-electron chi connectivity index (χ4n) is 1.71. The van der Waals surface area contributed by atoms with E-state index in [9.17, 15) is 0 Å². The monoisotopic (exact) mass is 346 g/mol. The van der Waals surface area contributed by atoms with E-state index >= 15 is 0 Å². The van der Waals surface area contributed by atoms with Crippen molar-refractivity contribution in [3.63, 3.8) is 0 Å². The zero-order valence-corrected chi connectivity index (χ0v) is 14.2. The molecule has 0 bridgehead atoms. The summed E-state index contributed by atoms with van der Waals surface area (Å²) in [6.45, 7) is 4.47. The Morgan fingerprint density at radius 1 is 1.37 bits per heavy atom. The zero-order valence-electron chi connectivity index (χ0n) is 11.8. The first kappa shape index (κ1) is 16.8. The Labute approximate surface area is 128 Å². The molecule has 0 saturated carbocycles. The average molecular weight is 347 g/mol. The van der Waals surface area contributed by atoms with Gasteiger partial charge in [-0.05, 0) is 41.9 Å². The molecule has 108 valence electrons. The second-order valence-electron chi connectivity index (χ2n) is 4.96. The maximum atomic E-state index is 5.65. The molecule has 0 aliphatic heterocycles. The number of rotatable bonds is 8. The Kier molecular flexibility index (Phi) is 7.83. The Morgan fingerprint density at radius 3 is 2.68 bits per heavy atom. The van der Waals surface area contributed by atoms with Gasteiger partial charge in [0, 0.05) is 16.3 Å². The minimum absolute atomic E-state index is 0.271. The van der Waals surface area contributed by atoms with Crippen molar-refractivity contribution in [1.82, 2.24) is 5.43 Å². The van der Waals surface area contributed by atoms with Gasteiger partial charge in [0.1, 0.15) is 5.75 Å². The minimum atomic E-state index is 0.271. The topological polar surface area (TPSA) is 47.3 Å². The molecule has 1 rings (SSSR count). The Bertz CT molecular complexity index is 388. The summed E-state index contributed by atoms with van der Waals surface area (Å²) < 4.78 is 6.36. The van der Waals surface area contributed by atoms with Crippen LogP contribution in [0.1, 0.15) is 19.4 Å². The van der Waals surface area contributed by atoms with Crippen molar-refractivity contribution >= 4 is 27.7 Å². The quantitative estimate of drug-likeness (QED) is 0.560. The van der Waals surface area contributed by atoms with Crippen molar-refractivity contribution in [3.05, 3.63) is 28.2 Å². The molecular formula is C14H23BrN2OS. The zero-order chi connectivity index (χ0) is 14.3. The van der Waals surface area contributed by atoms with Crippen LogP contribution in [-0.2, 0) is 6.42 Å². The summed E-state index contributed by atoms with van der Waals surface area (Å²) in [5.41, 5.74) is 4.12. The molecule has 0 fully saturated rings. The second-order valence-corrected chi connectivity index (χ2v) is 6.89. The number of hydrogen-bond acceptors (Lipinski definition) is 4. The van der Waals surface area contributed by atoms with Crippen LogP contribution >= 0.6 is 27.7 Å². The molecule has 1 atom stereocenters. The summed E-state index contributed by atoms with van der Waals surface area (Å²) >= 11 is 5.52. The Morgan fingerprint density at radius 2 is 2.11 bits per heavy atom. The number of hydrazine groups is 1. The van der Waals surface area contributed by atoms with Crippen molar-refractivity contribution in [2.24, 2.45) is 11.8 Å². The van der Waals surface area contributed by atoms with Crippen molar-refractivity contribution in [1.29, 1.82) is 0 Å². The second kappa shape index (κ2) is 8.84. The number of hydrogen-bond donors (Lipinski definition) is 2. The number of benzene rings is 1. The standard InChI is InChI=1S/C14H23BrN2OS/c1-10(2)8-19-9-12(17-16)6-11-7-13(18-3)4-5-14(11)15/h4-5,7,10,12,17H,6,8-9,16H2,1-3H3. The van der Waals surface area contributed by atoms with Crippen molar-refractivity contribution in [3.8, 4) is 5.75 Å². The predicted octanol–water partition coefficient (Wildman–Crippen LogP) is 3.22. The number of ether oxygens (including phenoxy) is 1. The van der Waals surface area contributed by atoms with E-state index < -0.39 is 0 Å². The smallest absolute Gasteiger partial charge is 0.119 e.